The monoisotopic (exact) mass is 310 g/mol. The number of amides is 1. The van der Waals surface area contributed by atoms with Crippen LogP contribution in [0.3, 0.4) is 0 Å². The van der Waals surface area contributed by atoms with Crippen LogP contribution in [0.1, 0.15) is 45.1 Å². The van der Waals surface area contributed by atoms with Gasteiger partial charge in [-0.15, -0.1) is 12.4 Å². The van der Waals surface area contributed by atoms with Gasteiger partial charge in [0.05, 0.1) is 0 Å². The van der Waals surface area contributed by atoms with Gasteiger partial charge in [-0.05, 0) is 25.3 Å². The molecule has 118 valence electrons. The van der Waals surface area contributed by atoms with Crippen LogP contribution in [0, 0.1) is 5.92 Å². The molecule has 1 aromatic rings. The highest BCUT2D eigenvalue weighted by atomic mass is 35.5. The van der Waals surface area contributed by atoms with E-state index in [9.17, 15) is 4.79 Å². The Morgan fingerprint density at radius 1 is 1.24 bits per heavy atom. The second-order valence-corrected chi connectivity index (χ2v) is 6.22. The molecule has 2 atom stereocenters. The van der Waals surface area contributed by atoms with Crippen LogP contribution in [0.15, 0.2) is 30.3 Å². The lowest BCUT2D eigenvalue weighted by atomic mass is 9.78. The second-order valence-electron chi connectivity index (χ2n) is 6.22. The molecule has 2 rings (SSSR count). The van der Waals surface area contributed by atoms with Crippen LogP contribution < -0.4 is 11.1 Å². The molecule has 0 aromatic heterocycles. The molecule has 21 heavy (non-hydrogen) atoms. The third-order valence-electron chi connectivity index (χ3n) is 4.75. The highest BCUT2D eigenvalue weighted by molar-refractivity contribution is 5.85. The molecule has 1 aliphatic rings. The van der Waals surface area contributed by atoms with E-state index in [0.717, 1.165) is 19.4 Å². The zero-order chi connectivity index (χ0) is 14.6. The Bertz CT molecular complexity index is 441. The van der Waals surface area contributed by atoms with Gasteiger partial charge < -0.3 is 11.1 Å². The van der Waals surface area contributed by atoms with Gasteiger partial charge in [0.2, 0.25) is 5.91 Å². The normalized spacial score (nSPS) is 19.4. The first kappa shape index (κ1) is 18.0. The van der Waals surface area contributed by atoms with Crippen LogP contribution in [0.2, 0.25) is 0 Å². The maximum Gasteiger partial charge on any atom is 0.224 e. The van der Waals surface area contributed by atoms with Gasteiger partial charge in [0.25, 0.3) is 0 Å². The predicted octanol–water partition coefficient (Wildman–Crippen LogP) is 3.02. The number of hydrogen-bond acceptors (Lipinski definition) is 2. The molecule has 3 nitrogen and oxygen atoms in total. The molecule has 1 aliphatic carbocycles. The SMILES string of the molecule is CC(N)C(C)C(=O)NCC1(c2ccccc2)CCCC1.Cl. The Kier molecular flexibility index (Phi) is 6.69. The van der Waals surface area contributed by atoms with Crippen molar-refractivity contribution in [3.05, 3.63) is 35.9 Å². The van der Waals surface area contributed by atoms with E-state index in [0.29, 0.717) is 0 Å². The number of carbonyl (C=O) groups is 1. The fraction of sp³-hybridized carbons (Fsp3) is 0.588. The molecule has 1 aromatic carbocycles. The third kappa shape index (κ3) is 4.21. The van der Waals surface area contributed by atoms with Crippen molar-refractivity contribution < 1.29 is 4.79 Å². The number of rotatable bonds is 5. The topological polar surface area (TPSA) is 55.1 Å². The molecule has 1 amide bonds. The van der Waals surface area contributed by atoms with Crippen molar-refractivity contribution in [1.29, 1.82) is 0 Å². The van der Waals surface area contributed by atoms with Crippen molar-refractivity contribution >= 4 is 18.3 Å². The molecule has 1 fully saturated rings. The van der Waals surface area contributed by atoms with Crippen molar-refractivity contribution in [2.24, 2.45) is 11.7 Å². The fourth-order valence-corrected chi connectivity index (χ4v) is 3.07. The second kappa shape index (κ2) is 7.81. The van der Waals surface area contributed by atoms with Crippen LogP contribution in [0.25, 0.3) is 0 Å². The van der Waals surface area contributed by atoms with Gasteiger partial charge in [-0.3, -0.25) is 4.79 Å². The molecule has 3 N–H and O–H groups in total. The third-order valence-corrected chi connectivity index (χ3v) is 4.75. The van der Waals surface area contributed by atoms with E-state index in [1.54, 1.807) is 0 Å². The summed E-state index contributed by atoms with van der Waals surface area (Å²) in [6.07, 6.45) is 4.80. The molecule has 0 spiro atoms. The van der Waals surface area contributed by atoms with Gasteiger partial charge in [-0.2, -0.15) is 0 Å². The van der Waals surface area contributed by atoms with E-state index < -0.39 is 0 Å². The molecule has 1 saturated carbocycles. The highest BCUT2D eigenvalue weighted by Crippen LogP contribution is 2.40. The zero-order valence-corrected chi connectivity index (χ0v) is 13.8. The molecule has 2 unspecified atom stereocenters. The van der Waals surface area contributed by atoms with Gasteiger partial charge in [0, 0.05) is 23.9 Å². The summed E-state index contributed by atoms with van der Waals surface area (Å²) in [4.78, 5) is 12.1. The maximum absolute atomic E-state index is 12.1. The van der Waals surface area contributed by atoms with Crippen molar-refractivity contribution in [3.63, 3.8) is 0 Å². The van der Waals surface area contributed by atoms with E-state index in [2.05, 4.69) is 29.6 Å². The summed E-state index contributed by atoms with van der Waals surface area (Å²) >= 11 is 0. The smallest absolute Gasteiger partial charge is 0.224 e. The van der Waals surface area contributed by atoms with Gasteiger partial charge in [0.15, 0.2) is 0 Å². The Hall–Kier alpha value is -1.06. The minimum Gasteiger partial charge on any atom is -0.355 e. The predicted molar refractivity (Wildman–Crippen MR) is 89.7 cm³/mol. The summed E-state index contributed by atoms with van der Waals surface area (Å²) in [5, 5.41) is 3.13. The van der Waals surface area contributed by atoms with Gasteiger partial charge >= 0.3 is 0 Å². The number of hydrogen-bond donors (Lipinski definition) is 2. The van der Waals surface area contributed by atoms with E-state index in [1.165, 1.54) is 18.4 Å². The Morgan fingerprint density at radius 2 is 1.81 bits per heavy atom. The number of halogens is 1. The summed E-state index contributed by atoms with van der Waals surface area (Å²) in [5.74, 6) is -0.0635. The Morgan fingerprint density at radius 3 is 2.33 bits per heavy atom. The van der Waals surface area contributed by atoms with Crippen LogP contribution >= 0.6 is 12.4 Å². The minimum atomic E-state index is -0.135. The summed E-state index contributed by atoms with van der Waals surface area (Å²) in [7, 11) is 0. The lowest BCUT2D eigenvalue weighted by Gasteiger charge is -2.31. The van der Waals surface area contributed by atoms with Crippen molar-refractivity contribution in [1.82, 2.24) is 5.32 Å². The van der Waals surface area contributed by atoms with Crippen molar-refractivity contribution in [3.8, 4) is 0 Å². The molecule has 0 bridgehead atoms. The largest absolute Gasteiger partial charge is 0.355 e. The molecule has 0 radical (unpaired) electrons. The Balaban J connectivity index is 0.00000220. The number of nitrogens with one attached hydrogen (secondary N) is 1. The molecule has 4 heteroatoms. The number of benzene rings is 1. The highest BCUT2D eigenvalue weighted by Gasteiger charge is 2.36. The lowest BCUT2D eigenvalue weighted by molar-refractivity contribution is -0.125. The van der Waals surface area contributed by atoms with Crippen molar-refractivity contribution in [2.75, 3.05) is 6.54 Å². The lowest BCUT2D eigenvalue weighted by Crippen LogP contribution is -2.44. The first-order chi connectivity index (χ1) is 9.55. The average molecular weight is 311 g/mol. The van der Waals surface area contributed by atoms with Crippen LogP contribution in [0.5, 0.6) is 0 Å². The molecule has 0 saturated heterocycles. The molecule has 0 aliphatic heterocycles. The molecular formula is C17H27ClN2O. The van der Waals surface area contributed by atoms with Crippen molar-refractivity contribution in [2.45, 2.75) is 51.0 Å². The standard InChI is InChI=1S/C17H26N2O.ClH/c1-13(14(2)18)16(20)19-12-17(10-6-7-11-17)15-8-4-3-5-9-15;/h3-5,8-9,13-14H,6-7,10-12,18H2,1-2H3,(H,19,20);1H. The van der Waals surface area contributed by atoms with E-state index in [4.69, 9.17) is 5.73 Å². The first-order valence-electron chi connectivity index (χ1n) is 7.64. The summed E-state index contributed by atoms with van der Waals surface area (Å²) in [6, 6.07) is 10.5. The number of nitrogens with two attached hydrogens (primary N) is 1. The van der Waals surface area contributed by atoms with Crippen LogP contribution in [-0.4, -0.2) is 18.5 Å². The zero-order valence-electron chi connectivity index (χ0n) is 13.0. The van der Waals surface area contributed by atoms with Crippen LogP contribution in [-0.2, 0) is 10.2 Å². The minimum absolute atomic E-state index is 0. The van der Waals surface area contributed by atoms with Crippen LogP contribution in [0.4, 0.5) is 0 Å². The summed E-state index contributed by atoms with van der Waals surface area (Å²) in [6.45, 7) is 4.50. The summed E-state index contributed by atoms with van der Waals surface area (Å²) < 4.78 is 0. The summed E-state index contributed by atoms with van der Waals surface area (Å²) in [5.41, 5.74) is 7.28. The van der Waals surface area contributed by atoms with Gasteiger partial charge in [-0.1, -0.05) is 50.1 Å². The fourth-order valence-electron chi connectivity index (χ4n) is 3.07. The number of carbonyl (C=O) groups excluding carboxylic acids is 1. The Labute approximate surface area is 134 Å². The van der Waals surface area contributed by atoms with E-state index in [1.807, 2.05) is 19.9 Å². The average Bonchev–Trinajstić information content (AvgIpc) is 2.95. The van der Waals surface area contributed by atoms with E-state index >= 15 is 0 Å². The van der Waals surface area contributed by atoms with Gasteiger partial charge in [-0.25, -0.2) is 0 Å². The molecule has 0 heterocycles. The van der Waals surface area contributed by atoms with Gasteiger partial charge in [0.1, 0.15) is 0 Å². The first-order valence-corrected chi connectivity index (χ1v) is 7.64. The van der Waals surface area contributed by atoms with E-state index in [-0.39, 0.29) is 35.7 Å². The molecular weight excluding hydrogens is 284 g/mol. The quantitative estimate of drug-likeness (QED) is 0.878. The maximum atomic E-state index is 12.1.